The van der Waals surface area contributed by atoms with Crippen LogP contribution in [0.2, 0.25) is 0 Å². The molecule has 0 aliphatic heterocycles. The van der Waals surface area contributed by atoms with Gasteiger partial charge in [0, 0.05) is 12.6 Å². The SMILES string of the molecule is CC1CCC(NCCCNC(=O)OC(C)(C)C)CC1C.Cl. The van der Waals surface area contributed by atoms with Crippen molar-refractivity contribution in [1.29, 1.82) is 0 Å². The van der Waals surface area contributed by atoms with Crippen LogP contribution in [-0.4, -0.2) is 30.8 Å². The van der Waals surface area contributed by atoms with Crippen LogP contribution in [0.5, 0.6) is 0 Å². The summed E-state index contributed by atoms with van der Waals surface area (Å²) in [5, 5.41) is 6.39. The minimum Gasteiger partial charge on any atom is -0.444 e. The second-order valence-corrected chi connectivity index (χ2v) is 7.20. The number of carbonyl (C=O) groups excluding carboxylic acids is 1. The number of alkyl carbamates (subject to hydrolysis) is 1. The zero-order valence-corrected chi connectivity index (χ0v) is 15.0. The van der Waals surface area contributed by atoms with E-state index >= 15 is 0 Å². The highest BCUT2D eigenvalue weighted by Crippen LogP contribution is 2.29. The normalized spacial score (nSPS) is 25.9. The fourth-order valence-corrected chi connectivity index (χ4v) is 2.63. The van der Waals surface area contributed by atoms with Gasteiger partial charge in [-0.3, -0.25) is 0 Å². The van der Waals surface area contributed by atoms with Crippen LogP contribution in [0.15, 0.2) is 0 Å². The zero-order valence-electron chi connectivity index (χ0n) is 14.2. The number of halogens is 1. The Morgan fingerprint density at radius 2 is 1.81 bits per heavy atom. The first-order valence-electron chi connectivity index (χ1n) is 7.98. The van der Waals surface area contributed by atoms with Crippen molar-refractivity contribution in [2.45, 2.75) is 71.9 Å². The van der Waals surface area contributed by atoms with Gasteiger partial charge in [-0.1, -0.05) is 13.8 Å². The predicted molar refractivity (Wildman–Crippen MR) is 90.1 cm³/mol. The fraction of sp³-hybridized carbons (Fsp3) is 0.938. The van der Waals surface area contributed by atoms with Crippen molar-refractivity contribution in [2.24, 2.45) is 11.8 Å². The van der Waals surface area contributed by atoms with Gasteiger partial charge in [-0.15, -0.1) is 12.4 Å². The van der Waals surface area contributed by atoms with E-state index in [9.17, 15) is 4.79 Å². The Labute approximate surface area is 136 Å². The second kappa shape index (κ2) is 9.52. The minimum absolute atomic E-state index is 0. The van der Waals surface area contributed by atoms with Crippen molar-refractivity contribution in [1.82, 2.24) is 10.6 Å². The molecule has 21 heavy (non-hydrogen) atoms. The molecule has 1 rings (SSSR count). The Bertz CT molecular complexity index is 305. The third-order valence-electron chi connectivity index (χ3n) is 4.05. The van der Waals surface area contributed by atoms with Gasteiger partial charge in [0.15, 0.2) is 0 Å². The largest absolute Gasteiger partial charge is 0.444 e. The van der Waals surface area contributed by atoms with Crippen LogP contribution >= 0.6 is 12.4 Å². The van der Waals surface area contributed by atoms with E-state index in [0.717, 1.165) is 24.8 Å². The lowest BCUT2D eigenvalue weighted by atomic mass is 9.79. The van der Waals surface area contributed by atoms with Crippen LogP contribution in [0.25, 0.3) is 0 Å². The first kappa shape index (κ1) is 20.5. The summed E-state index contributed by atoms with van der Waals surface area (Å²) in [5.41, 5.74) is -0.419. The van der Waals surface area contributed by atoms with Gasteiger partial charge < -0.3 is 15.4 Å². The molecule has 0 bridgehead atoms. The molecule has 0 aromatic rings. The molecule has 0 aromatic heterocycles. The first-order chi connectivity index (χ1) is 9.28. The monoisotopic (exact) mass is 320 g/mol. The molecule has 2 N–H and O–H groups in total. The average molecular weight is 321 g/mol. The summed E-state index contributed by atoms with van der Waals surface area (Å²) in [4.78, 5) is 11.4. The molecule has 1 aliphatic rings. The van der Waals surface area contributed by atoms with Gasteiger partial charge in [0.1, 0.15) is 5.60 Å². The summed E-state index contributed by atoms with van der Waals surface area (Å²) in [6.07, 6.45) is 4.51. The summed E-state index contributed by atoms with van der Waals surface area (Å²) in [7, 11) is 0. The molecule has 1 saturated carbocycles. The van der Waals surface area contributed by atoms with Gasteiger partial charge >= 0.3 is 6.09 Å². The third kappa shape index (κ3) is 9.20. The van der Waals surface area contributed by atoms with Gasteiger partial charge in [0.2, 0.25) is 0 Å². The average Bonchev–Trinajstić information content (AvgIpc) is 2.31. The molecule has 4 nitrogen and oxygen atoms in total. The van der Waals surface area contributed by atoms with E-state index in [1.54, 1.807) is 0 Å². The lowest BCUT2D eigenvalue weighted by molar-refractivity contribution is 0.0527. The molecule has 5 heteroatoms. The van der Waals surface area contributed by atoms with Gasteiger partial charge in [-0.05, 0) is 64.8 Å². The van der Waals surface area contributed by atoms with Crippen molar-refractivity contribution < 1.29 is 9.53 Å². The van der Waals surface area contributed by atoms with E-state index in [0.29, 0.717) is 12.6 Å². The van der Waals surface area contributed by atoms with Gasteiger partial charge in [0.25, 0.3) is 0 Å². The van der Waals surface area contributed by atoms with Crippen molar-refractivity contribution in [3.8, 4) is 0 Å². The van der Waals surface area contributed by atoms with E-state index in [2.05, 4.69) is 24.5 Å². The van der Waals surface area contributed by atoms with Crippen LogP contribution in [0.3, 0.4) is 0 Å². The molecule has 1 fully saturated rings. The standard InChI is InChI=1S/C16H32N2O2.ClH/c1-12-7-8-14(11-13(12)2)17-9-6-10-18-15(19)20-16(3,4)5;/h12-14,17H,6-11H2,1-5H3,(H,18,19);1H. The summed E-state index contributed by atoms with van der Waals surface area (Å²) in [5.74, 6) is 1.68. The number of rotatable bonds is 5. The summed E-state index contributed by atoms with van der Waals surface area (Å²) in [6.45, 7) is 12.0. The second-order valence-electron chi connectivity index (χ2n) is 7.20. The van der Waals surface area contributed by atoms with E-state index in [4.69, 9.17) is 4.74 Å². The van der Waals surface area contributed by atoms with E-state index in [-0.39, 0.29) is 18.5 Å². The lowest BCUT2D eigenvalue weighted by Crippen LogP contribution is -2.38. The highest BCUT2D eigenvalue weighted by atomic mass is 35.5. The van der Waals surface area contributed by atoms with Crippen LogP contribution in [-0.2, 0) is 4.74 Å². The highest BCUT2D eigenvalue weighted by Gasteiger charge is 2.23. The van der Waals surface area contributed by atoms with Gasteiger partial charge in [-0.25, -0.2) is 4.79 Å². The Hall–Kier alpha value is -0.480. The van der Waals surface area contributed by atoms with Crippen LogP contribution in [0.4, 0.5) is 4.79 Å². The summed E-state index contributed by atoms with van der Waals surface area (Å²) in [6, 6.07) is 0.655. The molecule has 0 saturated heterocycles. The maximum absolute atomic E-state index is 11.4. The van der Waals surface area contributed by atoms with Crippen molar-refractivity contribution in [3.63, 3.8) is 0 Å². The van der Waals surface area contributed by atoms with Gasteiger partial charge in [0.05, 0.1) is 0 Å². The van der Waals surface area contributed by atoms with Crippen molar-refractivity contribution in [3.05, 3.63) is 0 Å². The number of carbonyl (C=O) groups is 1. The molecule has 0 heterocycles. The Morgan fingerprint density at radius 1 is 1.14 bits per heavy atom. The van der Waals surface area contributed by atoms with E-state index in [1.807, 2.05) is 20.8 Å². The quantitative estimate of drug-likeness (QED) is 0.759. The van der Waals surface area contributed by atoms with Crippen LogP contribution < -0.4 is 10.6 Å². The highest BCUT2D eigenvalue weighted by molar-refractivity contribution is 5.85. The molecule has 1 aliphatic carbocycles. The number of nitrogens with one attached hydrogen (secondary N) is 2. The van der Waals surface area contributed by atoms with Crippen molar-refractivity contribution >= 4 is 18.5 Å². The molecule has 0 radical (unpaired) electrons. The molecular formula is C16H33ClN2O2. The molecular weight excluding hydrogens is 288 g/mol. The third-order valence-corrected chi connectivity index (χ3v) is 4.05. The Kier molecular flexibility index (Phi) is 9.30. The van der Waals surface area contributed by atoms with Crippen molar-refractivity contribution in [2.75, 3.05) is 13.1 Å². The summed E-state index contributed by atoms with van der Waals surface area (Å²) >= 11 is 0. The fourth-order valence-electron chi connectivity index (χ4n) is 2.63. The molecule has 3 unspecified atom stereocenters. The molecule has 0 aromatic carbocycles. The van der Waals surface area contributed by atoms with Crippen LogP contribution in [0, 0.1) is 11.8 Å². The van der Waals surface area contributed by atoms with E-state index < -0.39 is 5.60 Å². The molecule has 3 atom stereocenters. The maximum atomic E-state index is 11.4. The minimum atomic E-state index is -0.419. The Balaban J connectivity index is 0.00000400. The first-order valence-corrected chi connectivity index (χ1v) is 7.98. The maximum Gasteiger partial charge on any atom is 0.407 e. The predicted octanol–water partition coefficient (Wildman–Crippen LogP) is 3.74. The van der Waals surface area contributed by atoms with E-state index in [1.165, 1.54) is 19.3 Å². The molecule has 1 amide bonds. The summed E-state index contributed by atoms with van der Waals surface area (Å²) < 4.78 is 5.19. The number of amides is 1. The zero-order chi connectivity index (χ0) is 15.2. The number of hydrogen-bond acceptors (Lipinski definition) is 3. The van der Waals surface area contributed by atoms with Crippen LogP contribution in [0.1, 0.15) is 60.3 Å². The smallest absolute Gasteiger partial charge is 0.407 e. The molecule has 126 valence electrons. The Morgan fingerprint density at radius 3 is 2.38 bits per heavy atom. The van der Waals surface area contributed by atoms with Gasteiger partial charge in [-0.2, -0.15) is 0 Å². The number of ether oxygens (including phenoxy) is 1. The molecule has 0 spiro atoms. The lowest BCUT2D eigenvalue weighted by Gasteiger charge is -2.32. The number of hydrogen-bond donors (Lipinski definition) is 2. The topological polar surface area (TPSA) is 50.4 Å².